The summed E-state index contributed by atoms with van der Waals surface area (Å²) >= 11 is 1.50. The van der Waals surface area contributed by atoms with Crippen molar-refractivity contribution in [3.8, 4) is 22.1 Å². The predicted octanol–water partition coefficient (Wildman–Crippen LogP) is 6.63. The first-order chi connectivity index (χ1) is 17.5. The number of carbonyl (C=O) groups excluding carboxylic acids is 1. The van der Waals surface area contributed by atoms with Crippen LogP contribution in [0.2, 0.25) is 0 Å². The Balaban J connectivity index is 1.21. The lowest BCUT2D eigenvalue weighted by molar-refractivity contribution is -0.118. The molecule has 5 aromatic rings. The molecule has 5 rings (SSSR count). The van der Waals surface area contributed by atoms with Crippen LogP contribution in [-0.4, -0.2) is 26.9 Å². The largest absolute Gasteiger partial charge is 0.453 e. The van der Waals surface area contributed by atoms with Crippen LogP contribution >= 0.6 is 11.3 Å². The first-order valence-electron chi connectivity index (χ1n) is 11.7. The number of hydrogen-bond acceptors (Lipinski definition) is 6. The number of para-hydroxylation sites is 1. The van der Waals surface area contributed by atoms with Gasteiger partial charge in [0.05, 0.1) is 27.1 Å². The van der Waals surface area contributed by atoms with Crippen LogP contribution in [-0.2, 0) is 18.3 Å². The highest BCUT2D eigenvalue weighted by molar-refractivity contribution is 7.22. The van der Waals surface area contributed by atoms with Crippen LogP contribution < -0.4 is 10.1 Å². The number of aryl methyl sites for hydroxylation is 1. The van der Waals surface area contributed by atoms with Crippen molar-refractivity contribution in [1.82, 2.24) is 14.5 Å². The van der Waals surface area contributed by atoms with Gasteiger partial charge in [0.15, 0.2) is 11.6 Å². The molecular formula is C28H25FN4O2S. The molecule has 3 heterocycles. The third-order valence-corrected chi connectivity index (χ3v) is 6.85. The fraction of sp³-hybridized carbons (Fsp3) is 0.179. The van der Waals surface area contributed by atoms with Crippen molar-refractivity contribution in [2.45, 2.75) is 19.3 Å². The summed E-state index contributed by atoms with van der Waals surface area (Å²) in [4.78, 5) is 22.2. The first kappa shape index (κ1) is 23.7. The van der Waals surface area contributed by atoms with Gasteiger partial charge in [-0.15, -0.1) is 11.3 Å². The van der Waals surface area contributed by atoms with Crippen molar-refractivity contribution in [2.75, 3.05) is 11.9 Å². The van der Waals surface area contributed by atoms with Gasteiger partial charge in [0, 0.05) is 50.6 Å². The van der Waals surface area contributed by atoms with Crippen molar-refractivity contribution >= 4 is 33.0 Å². The van der Waals surface area contributed by atoms with Crippen molar-refractivity contribution in [3.05, 3.63) is 90.8 Å². The maximum atomic E-state index is 14.9. The standard InChI is InChI=1S/C28H25FN4O2S/c1-33-17-24(32-18-33)27-16-23-28(36-27)26(11-13-31-23)35-25-10-9-19(15-22(25)29)14-21(34)8-5-12-30-20-6-3-2-4-7-20/h2-4,6-7,9-11,13,15-18,30H,5,8,12,14H2,1H3. The molecule has 0 unspecified atom stereocenters. The number of Topliss-reactive ketones (excluding diaryl/α,β-unsaturated/α-hetero) is 1. The number of benzene rings is 2. The molecule has 3 aromatic heterocycles. The summed E-state index contributed by atoms with van der Waals surface area (Å²) in [5, 5.41) is 3.29. The van der Waals surface area contributed by atoms with Gasteiger partial charge in [-0.05, 0) is 42.3 Å². The van der Waals surface area contributed by atoms with Gasteiger partial charge in [0.1, 0.15) is 11.5 Å². The number of thiophene rings is 1. The Hall–Kier alpha value is -4.04. The molecule has 0 spiro atoms. The number of hydrogen-bond donors (Lipinski definition) is 1. The molecule has 0 aliphatic rings. The molecule has 0 aliphatic carbocycles. The smallest absolute Gasteiger partial charge is 0.166 e. The monoisotopic (exact) mass is 500 g/mol. The highest BCUT2D eigenvalue weighted by Crippen LogP contribution is 2.39. The molecule has 2 aromatic carbocycles. The number of anilines is 1. The minimum absolute atomic E-state index is 0.0782. The van der Waals surface area contributed by atoms with Gasteiger partial charge in [-0.3, -0.25) is 9.78 Å². The fourth-order valence-electron chi connectivity index (χ4n) is 3.91. The lowest BCUT2D eigenvalue weighted by Crippen LogP contribution is -2.07. The Morgan fingerprint density at radius 3 is 2.72 bits per heavy atom. The number of ketones is 1. The molecule has 1 N–H and O–H groups in total. The Morgan fingerprint density at radius 2 is 1.94 bits per heavy atom. The number of ether oxygens (including phenoxy) is 1. The quantitative estimate of drug-likeness (QED) is 0.218. The third kappa shape index (κ3) is 5.60. The Morgan fingerprint density at radius 1 is 1.08 bits per heavy atom. The molecule has 0 fully saturated rings. The number of carbonyl (C=O) groups is 1. The maximum absolute atomic E-state index is 14.9. The van der Waals surface area contributed by atoms with E-state index in [0.717, 1.165) is 32.9 Å². The van der Waals surface area contributed by atoms with Crippen molar-refractivity contribution in [2.24, 2.45) is 7.05 Å². The summed E-state index contributed by atoms with van der Waals surface area (Å²) in [6.07, 6.45) is 6.67. The molecule has 0 amide bonds. The molecular weight excluding hydrogens is 475 g/mol. The molecule has 0 aliphatic heterocycles. The number of nitrogens with one attached hydrogen (secondary N) is 1. The normalized spacial score (nSPS) is 11.1. The van der Waals surface area contributed by atoms with E-state index in [1.807, 2.05) is 54.2 Å². The zero-order valence-corrected chi connectivity index (χ0v) is 20.6. The van der Waals surface area contributed by atoms with Crippen LogP contribution in [0.15, 0.2) is 79.4 Å². The summed E-state index contributed by atoms with van der Waals surface area (Å²) in [7, 11) is 1.92. The van der Waals surface area contributed by atoms with Gasteiger partial charge in [0.25, 0.3) is 0 Å². The zero-order valence-electron chi connectivity index (χ0n) is 19.8. The zero-order chi connectivity index (χ0) is 24.9. The summed E-state index contributed by atoms with van der Waals surface area (Å²) < 4.78 is 23.5. The van der Waals surface area contributed by atoms with Gasteiger partial charge >= 0.3 is 0 Å². The number of rotatable bonds is 10. The van der Waals surface area contributed by atoms with Crippen molar-refractivity contribution in [3.63, 3.8) is 0 Å². The molecule has 8 heteroatoms. The summed E-state index contributed by atoms with van der Waals surface area (Å²) in [5.41, 5.74) is 3.28. The van der Waals surface area contributed by atoms with Crippen LogP contribution in [0.4, 0.5) is 10.1 Å². The van der Waals surface area contributed by atoms with E-state index in [0.29, 0.717) is 24.3 Å². The summed E-state index contributed by atoms with van der Waals surface area (Å²) in [5.74, 6) is 0.214. The predicted molar refractivity (Wildman–Crippen MR) is 141 cm³/mol. The average Bonchev–Trinajstić information content (AvgIpc) is 3.51. The Labute approximate surface area is 212 Å². The SMILES string of the molecule is Cn1cnc(-c2cc3nccc(Oc4ccc(CC(=O)CCCNc5ccccc5)cc4F)c3s2)c1. The van der Waals surface area contributed by atoms with Gasteiger partial charge in [0.2, 0.25) is 0 Å². The minimum Gasteiger partial charge on any atom is -0.453 e. The molecule has 182 valence electrons. The van der Waals surface area contributed by atoms with Gasteiger partial charge in [-0.2, -0.15) is 0 Å². The average molecular weight is 501 g/mol. The lowest BCUT2D eigenvalue weighted by atomic mass is 10.1. The number of fused-ring (bicyclic) bond motifs is 1. The highest BCUT2D eigenvalue weighted by atomic mass is 32.1. The van der Waals surface area contributed by atoms with Gasteiger partial charge in [-0.25, -0.2) is 9.37 Å². The molecule has 36 heavy (non-hydrogen) atoms. The maximum Gasteiger partial charge on any atom is 0.166 e. The molecule has 6 nitrogen and oxygen atoms in total. The van der Waals surface area contributed by atoms with Gasteiger partial charge in [-0.1, -0.05) is 24.3 Å². The van der Waals surface area contributed by atoms with Crippen LogP contribution in [0.25, 0.3) is 20.8 Å². The second kappa shape index (κ2) is 10.7. The molecule has 0 saturated carbocycles. The number of aromatic nitrogens is 3. The van der Waals surface area contributed by atoms with E-state index in [1.165, 1.54) is 17.4 Å². The molecule has 0 atom stereocenters. The van der Waals surface area contributed by atoms with Crippen LogP contribution in [0.5, 0.6) is 11.5 Å². The fourth-order valence-corrected chi connectivity index (χ4v) is 4.93. The van der Waals surface area contributed by atoms with Gasteiger partial charge < -0.3 is 14.6 Å². The Bertz CT molecular complexity index is 1500. The highest BCUT2D eigenvalue weighted by Gasteiger charge is 2.15. The van der Waals surface area contributed by atoms with E-state index in [-0.39, 0.29) is 18.0 Å². The van der Waals surface area contributed by atoms with Crippen molar-refractivity contribution in [1.29, 1.82) is 0 Å². The minimum atomic E-state index is -0.502. The van der Waals surface area contributed by atoms with E-state index < -0.39 is 5.82 Å². The molecule has 0 radical (unpaired) electrons. The van der Waals surface area contributed by atoms with E-state index in [1.54, 1.807) is 30.7 Å². The van der Waals surface area contributed by atoms with E-state index in [9.17, 15) is 9.18 Å². The second-order valence-corrected chi connectivity index (χ2v) is 9.59. The van der Waals surface area contributed by atoms with Crippen LogP contribution in [0, 0.1) is 5.82 Å². The van der Waals surface area contributed by atoms with Crippen molar-refractivity contribution < 1.29 is 13.9 Å². The molecule has 0 bridgehead atoms. The number of halogens is 1. The first-order valence-corrected chi connectivity index (χ1v) is 12.5. The third-order valence-electron chi connectivity index (χ3n) is 5.69. The summed E-state index contributed by atoms with van der Waals surface area (Å²) in [6.45, 7) is 0.710. The van der Waals surface area contributed by atoms with E-state index >= 15 is 0 Å². The topological polar surface area (TPSA) is 69.0 Å². The number of pyridine rings is 1. The molecule has 0 saturated heterocycles. The van der Waals surface area contributed by atoms with E-state index in [2.05, 4.69) is 15.3 Å². The number of imidazole rings is 1. The van der Waals surface area contributed by atoms with E-state index in [4.69, 9.17) is 4.74 Å². The lowest BCUT2D eigenvalue weighted by Gasteiger charge is -2.09. The second-order valence-electron chi connectivity index (χ2n) is 8.54. The summed E-state index contributed by atoms with van der Waals surface area (Å²) in [6, 6.07) is 18.2. The number of nitrogens with zero attached hydrogens (tertiary/aromatic N) is 3. The van der Waals surface area contributed by atoms with Crippen LogP contribution in [0.1, 0.15) is 18.4 Å². The Kier molecular flexibility index (Phi) is 7.04. The van der Waals surface area contributed by atoms with Crippen LogP contribution in [0.3, 0.4) is 0 Å².